The Balaban J connectivity index is 2.46. The van der Waals surface area contributed by atoms with Crippen LogP contribution in [0.4, 0.5) is 4.39 Å². The van der Waals surface area contributed by atoms with Gasteiger partial charge in [0.15, 0.2) is 4.77 Å². The molecule has 0 saturated carbocycles. The molecule has 0 spiro atoms. The largest absolute Gasteiger partial charge is 0.331 e. The summed E-state index contributed by atoms with van der Waals surface area (Å²) in [6.07, 6.45) is 0. The highest BCUT2D eigenvalue weighted by Crippen LogP contribution is 2.18. The molecule has 3 nitrogen and oxygen atoms in total. The molecule has 0 aliphatic rings. The molecule has 0 fully saturated rings. The number of hydrogen-bond donors (Lipinski definition) is 1. The smallest absolute Gasteiger partial charge is 0.276 e. The fourth-order valence-electron chi connectivity index (χ4n) is 1.95. The van der Waals surface area contributed by atoms with Crippen LogP contribution >= 0.6 is 23.6 Å². The first kappa shape index (κ1) is 12.3. The molecule has 0 amide bonds. The Hall–Kier alpha value is -1.79. The van der Waals surface area contributed by atoms with E-state index in [9.17, 15) is 9.18 Å². The van der Waals surface area contributed by atoms with E-state index in [0.29, 0.717) is 10.2 Å². The molecule has 1 N–H and O–H groups in total. The van der Waals surface area contributed by atoms with Crippen LogP contribution in [-0.2, 0) is 0 Å². The summed E-state index contributed by atoms with van der Waals surface area (Å²) < 4.78 is 15.9. The number of nitrogens with zero attached hydrogens (tertiary/aromatic N) is 1. The van der Waals surface area contributed by atoms with E-state index < -0.39 is 5.82 Å². The first-order chi connectivity index (χ1) is 9.08. The van der Waals surface area contributed by atoms with Crippen LogP contribution in [0.3, 0.4) is 0 Å². The Morgan fingerprint density at radius 3 is 2.95 bits per heavy atom. The second-order valence-corrected chi connectivity index (χ2v) is 5.49. The average Bonchev–Trinajstić information content (AvgIpc) is 2.82. The minimum Gasteiger partial charge on any atom is -0.331 e. The van der Waals surface area contributed by atoms with Crippen molar-refractivity contribution in [1.29, 1.82) is 0 Å². The van der Waals surface area contributed by atoms with Gasteiger partial charge in [-0.2, -0.15) is 0 Å². The van der Waals surface area contributed by atoms with Crippen molar-refractivity contribution >= 4 is 33.8 Å². The van der Waals surface area contributed by atoms with Crippen molar-refractivity contribution in [3.05, 3.63) is 56.2 Å². The van der Waals surface area contributed by atoms with E-state index >= 15 is 0 Å². The van der Waals surface area contributed by atoms with Gasteiger partial charge in [0.25, 0.3) is 5.56 Å². The van der Waals surface area contributed by atoms with Crippen molar-refractivity contribution in [1.82, 2.24) is 9.55 Å². The third-order valence-electron chi connectivity index (χ3n) is 2.85. The second kappa shape index (κ2) is 4.40. The van der Waals surface area contributed by atoms with Crippen molar-refractivity contribution < 1.29 is 4.39 Å². The molecule has 0 saturated heterocycles. The molecule has 96 valence electrons. The molecule has 3 aromatic rings. The molecule has 0 radical (unpaired) electrons. The number of aromatic nitrogens is 2. The van der Waals surface area contributed by atoms with Crippen LogP contribution < -0.4 is 5.56 Å². The van der Waals surface area contributed by atoms with Crippen molar-refractivity contribution in [3.8, 4) is 5.69 Å². The highest BCUT2D eigenvalue weighted by Gasteiger charge is 2.12. The summed E-state index contributed by atoms with van der Waals surface area (Å²) in [5.74, 6) is -0.469. The zero-order valence-corrected chi connectivity index (χ0v) is 11.6. The molecule has 3 rings (SSSR count). The first-order valence-corrected chi connectivity index (χ1v) is 6.86. The molecule has 1 aromatic carbocycles. The number of rotatable bonds is 1. The predicted octanol–water partition coefficient (Wildman–Crippen LogP) is 3.56. The van der Waals surface area contributed by atoms with Crippen LogP contribution in [-0.4, -0.2) is 9.55 Å². The van der Waals surface area contributed by atoms with Crippen molar-refractivity contribution in [2.45, 2.75) is 6.92 Å². The van der Waals surface area contributed by atoms with Gasteiger partial charge in [0.1, 0.15) is 10.5 Å². The first-order valence-electron chi connectivity index (χ1n) is 5.57. The quantitative estimate of drug-likeness (QED) is 0.696. The maximum atomic E-state index is 13.9. The van der Waals surface area contributed by atoms with Gasteiger partial charge in [-0.25, -0.2) is 8.96 Å². The van der Waals surface area contributed by atoms with Gasteiger partial charge in [0.05, 0.1) is 11.2 Å². The summed E-state index contributed by atoms with van der Waals surface area (Å²) in [5.41, 5.74) is 1.44. The monoisotopic (exact) mass is 292 g/mol. The van der Waals surface area contributed by atoms with Crippen LogP contribution in [0, 0.1) is 17.5 Å². The van der Waals surface area contributed by atoms with Gasteiger partial charge in [-0.05, 0) is 48.3 Å². The number of aryl methyl sites for hydroxylation is 1. The fraction of sp³-hybridized carbons (Fsp3) is 0.0769. The van der Waals surface area contributed by atoms with E-state index in [2.05, 4.69) is 4.98 Å². The Kier molecular flexibility index (Phi) is 2.83. The van der Waals surface area contributed by atoms with E-state index in [1.807, 2.05) is 6.92 Å². The number of aromatic amines is 1. The fourth-order valence-corrected chi connectivity index (χ4v) is 3.02. The SMILES string of the molecule is Cc1ccc(F)c(-n2c(=S)[nH]c3ccsc3c2=O)c1. The van der Waals surface area contributed by atoms with Crippen LogP contribution in [0.5, 0.6) is 0 Å². The van der Waals surface area contributed by atoms with E-state index in [-0.39, 0.29) is 16.0 Å². The number of thiophene rings is 1. The number of hydrogen-bond acceptors (Lipinski definition) is 3. The normalized spacial score (nSPS) is 11.1. The van der Waals surface area contributed by atoms with Gasteiger partial charge in [0.2, 0.25) is 0 Å². The summed E-state index contributed by atoms with van der Waals surface area (Å²) in [6.45, 7) is 1.84. The van der Waals surface area contributed by atoms with E-state index in [1.165, 1.54) is 22.0 Å². The molecular weight excluding hydrogens is 283 g/mol. The Morgan fingerprint density at radius 2 is 2.16 bits per heavy atom. The lowest BCUT2D eigenvalue weighted by atomic mass is 10.2. The topological polar surface area (TPSA) is 37.8 Å². The number of H-pyrrole nitrogens is 1. The van der Waals surface area contributed by atoms with E-state index in [4.69, 9.17) is 12.2 Å². The second-order valence-electron chi connectivity index (χ2n) is 4.19. The molecule has 0 aliphatic heterocycles. The van der Waals surface area contributed by atoms with Crippen LogP contribution in [0.25, 0.3) is 15.9 Å². The molecule has 6 heteroatoms. The number of benzene rings is 1. The third-order valence-corrected chi connectivity index (χ3v) is 4.04. The van der Waals surface area contributed by atoms with E-state index in [1.54, 1.807) is 23.6 Å². The number of halogens is 1. The summed E-state index contributed by atoms with van der Waals surface area (Å²) in [5, 5.41) is 1.80. The molecule has 0 atom stereocenters. The van der Waals surface area contributed by atoms with Crippen molar-refractivity contribution in [3.63, 3.8) is 0 Å². The van der Waals surface area contributed by atoms with Crippen molar-refractivity contribution in [2.24, 2.45) is 0 Å². The van der Waals surface area contributed by atoms with Crippen LogP contribution in [0.15, 0.2) is 34.4 Å². The molecule has 0 unspecified atom stereocenters. The number of fused-ring (bicyclic) bond motifs is 1. The van der Waals surface area contributed by atoms with Gasteiger partial charge in [-0.3, -0.25) is 4.79 Å². The minimum absolute atomic E-state index is 0.182. The lowest BCUT2D eigenvalue weighted by Gasteiger charge is -2.08. The van der Waals surface area contributed by atoms with Gasteiger partial charge in [-0.15, -0.1) is 11.3 Å². The molecular formula is C13H9FN2OS2. The van der Waals surface area contributed by atoms with Gasteiger partial charge in [0, 0.05) is 0 Å². The van der Waals surface area contributed by atoms with Crippen molar-refractivity contribution in [2.75, 3.05) is 0 Å². The Morgan fingerprint density at radius 1 is 1.37 bits per heavy atom. The lowest BCUT2D eigenvalue weighted by molar-refractivity contribution is 0.614. The summed E-state index contributed by atoms with van der Waals surface area (Å²) in [6, 6.07) is 6.39. The minimum atomic E-state index is -0.469. The molecule has 19 heavy (non-hydrogen) atoms. The van der Waals surface area contributed by atoms with E-state index in [0.717, 1.165) is 5.56 Å². The molecule has 2 aromatic heterocycles. The predicted molar refractivity (Wildman–Crippen MR) is 77.3 cm³/mol. The summed E-state index contributed by atoms with van der Waals surface area (Å²) in [4.78, 5) is 15.3. The van der Waals surface area contributed by atoms with Gasteiger partial charge >= 0.3 is 0 Å². The molecule has 2 heterocycles. The summed E-state index contributed by atoms with van der Waals surface area (Å²) in [7, 11) is 0. The molecule has 0 aliphatic carbocycles. The zero-order chi connectivity index (χ0) is 13.6. The molecule has 0 bridgehead atoms. The Labute approximate surface area is 117 Å². The summed E-state index contributed by atoms with van der Waals surface area (Å²) >= 11 is 6.47. The maximum absolute atomic E-state index is 13.9. The maximum Gasteiger partial charge on any atom is 0.276 e. The zero-order valence-electron chi connectivity index (χ0n) is 9.94. The van der Waals surface area contributed by atoms with Gasteiger partial charge in [-0.1, -0.05) is 6.07 Å². The Bertz CT molecular complexity index is 892. The van der Waals surface area contributed by atoms with Gasteiger partial charge < -0.3 is 4.98 Å². The average molecular weight is 292 g/mol. The van der Waals surface area contributed by atoms with Crippen LogP contribution in [0.1, 0.15) is 5.56 Å². The third kappa shape index (κ3) is 1.93. The highest BCUT2D eigenvalue weighted by molar-refractivity contribution is 7.71. The number of nitrogens with one attached hydrogen (secondary N) is 1. The lowest BCUT2D eigenvalue weighted by Crippen LogP contribution is -2.20. The highest BCUT2D eigenvalue weighted by atomic mass is 32.1. The van der Waals surface area contributed by atoms with Crippen LogP contribution in [0.2, 0.25) is 0 Å². The standard InChI is InChI=1S/C13H9FN2OS2/c1-7-2-3-8(14)10(6-7)16-12(17)11-9(4-5-19-11)15-13(16)18/h2-6H,1H3,(H,15,18).